The summed E-state index contributed by atoms with van der Waals surface area (Å²) in [6.07, 6.45) is 7.71. The van der Waals surface area contributed by atoms with Crippen LogP contribution < -0.4 is 21.5 Å². The topological polar surface area (TPSA) is 253 Å². The van der Waals surface area contributed by atoms with Gasteiger partial charge in [0.2, 0.25) is 17.7 Å². The number of aromatic hydroxyl groups is 1. The van der Waals surface area contributed by atoms with Gasteiger partial charge in [-0.05, 0) is 73.6 Å². The van der Waals surface area contributed by atoms with Crippen molar-refractivity contribution in [1.82, 2.24) is 36.3 Å². The van der Waals surface area contributed by atoms with Crippen LogP contribution in [-0.2, 0) is 54.1 Å². The number of phenolic OH excluding ortho intramolecular Hbond substituents is 1. The van der Waals surface area contributed by atoms with E-state index in [1.165, 1.54) is 40.5 Å². The van der Waals surface area contributed by atoms with E-state index in [0.717, 1.165) is 31.2 Å². The van der Waals surface area contributed by atoms with Crippen molar-refractivity contribution in [2.45, 2.75) is 136 Å². The van der Waals surface area contributed by atoms with Crippen LogP contribution in [-0.4, -0.2) is 146 Å². The minimum atomic E-state index is -0.905. The zero-order valence-corrected chi connectivity index (χ0v) is 44.4. The molecule has 5 N–H and O–H groups in total. The second kappa shape index (κ2) is 32.7. The molecule has 0 bridgehead atoms. The highest BCUT2D eigenvalue weighted by atomic mass is 32.1. The van der Waals surface area contributed by atoms with Gasteiger partial charge in [-0.25, -0.2) is 15.2 Å². The Morgan fingerprint density at radius 2 is 1.58 bits per heavy atom. The molecule has 2 aliphatic rings. The summed E-state index contributed by atoms with van der Waals surface area (Å²) in [5.41, 5.74) is 6.22. The summed E-state index contributed by atoms with van der Waals surface area (Å²) in [6, 6.07) is 4.18. The van der Waals surface area contributed by atoms with Gasteiger partial charge in [0.1, 0.15) is 29.2 Å². The number of thiazole rings is 1. The van der Waals surface area contributed by atoms with Crippen LogP contribution in [0, 0.1) is 11.8 Å². The average Bonchev–Trinajstić information content (AvgIpc) is 3.99. The van der Waals surface area contributed by atoms with E-state index >= 15 is 0 Å². The van der Waals surface area contributed by atoms with Crippen molar-refractivity contribution in [2.24, 2.45) is 11.8 Å². The number of imide groups is 1. The third-order valence-electron chi connectivity index (χ3n) is 12.6. The van der Waals surface area contributed by atoms with Gasteiger partial charge in [0.25, 0.3) is 17.7 Å². The van der Waals surface area contributed by atoms with Crippen molar-refractivity contribution < 1.29 is 62.4 Å². The van der Waals surface area contributed by atoms with E-state index < -0.39 is 36.0 Å². The molecular weight excluding hydrogens is 963 g/mol. The second-order valence-electron chi connectivity index (χ2n) is 18.7. The Morgan fingerprint density at radius 3 is 2.25 bits per heavy atom. The maximum atomic E-state index is 13.8. The molecule has 1 aliphatic carbocycles. The van der Waals surface area contributed by atoms with Crippen LogP contribution in [0.25, 0.3) is 0 Å². The van der Waals surface area contributed by atoms with Gasteiger partial charge in [-0.3, -0.25) is 39.1 Å². The van der Waals surface area contributed by atoms with Crippen LogP contribution in [0.2, 0.25) is 0 Å². The van der Waals surface area contributed by atoms with E-state index in [1.807, 2.05) is 11.8 Å². The maximum Gasteiger partial charge on any atom is 0.426 e. The quantitative estimate of drug-likeness (QED) is 0.0323. The first-order valence-corrected chi connectivity index (χ1v) is 26.8. The van der Waals surface area contributed by atoms with Gasteiger partial charge in [0.05, 0.1) is 45.6 Å². The first-order valence-electron chi connectivity index (χ1n) is 25.9. The Morgan fingerprint density at radius 1 is 0.877 bits per heavy atom. The molecule has 0 fully saturated rings. The predicted octanol–water partition coefficient (Wildman–Crippen LogP) is 5.64. The zero-order chi connectivity index (χ0) is 53.1. The fourth-order valence-corrected chi connectivity index (χ4v) is 9.33. The zero-order valence-electron chi connectivity index (χ0n) is 43.6. The minimum absolute atomic E-state index is 0.0239. The van der Waals surface area contributed by atoms with Crippen LogP contribution >= 0.6 is 11.3 Å². The summed E-state index contributed by atoms with van der Waals surface area (Å²) in [4.78, 5) is 96.5. The molecule has 1 aromatic heterocycles. The molecule has 406 valence electrons. The highest BCUT2D eigenvalue weighted by molar-refractivity contribution is 7.09. The number of rotatable bonds is 34. The first-order chi connectivity index (χ1) is 35.1. The summed E-state index contributed by atoms with van der Waals surface area (Å²) < 4.78 is 27.9. The van der Waals surface area contributed by atoms with Gasteiger partial charge in [-0.1, -0.05) is 60.5 Å². The van der Waals surface area contributed by atoms with Crippen LogP contribution in [0.3, 0.4) is 0 Å². The molecule has 0 radical (unpaired) electrons. The third kappa shape index (κ3) is 20.8. The molecule has 7 amide bonds. The fourth-order valence-electron chi connectivity index (χ4n) is 8.47. The normalized spacial score (nSPS) is 16.5. The Labute approximate surface area is 434 Å². The number of nitrogens with one attached hydrogen (secondary N) is 4. The summed E-state index contributed by atoms with van der Waals surface area (Å²) in [5.74, 6) is -1.94. The lowest BCUT2D eigenvalue weighted by molar-refractivity contribution is -0.138. The van der Waals surface area contributed by atoms with Gasteiger partial charge in [-0.15, -0.1) is 11.3 Å². The number of fused-ring (bicyclic) bond motifs is 1. The Bertz CT molecular complexity index is 2100. The number of hydrogen-bond acceptors (Lipinski definition) is 15. The summed E-state index contributed by atoms with van der Waals surface area (Å²) in [7, 11) is 0. The van der Waals surface area contributed by atoms with Crippen molar-refractivity contribution in [3.05, 3.63) is 57.6 Å². The summed E-state index contributed by atoms with van der Waals surface area (Å²) in [6.45, 7) is 15.8. The molecule has 2 aromatic rings. The molecule has 5 atom stereocenters. The van der Waals surface area contributed by atoms with E-state index in [-0.39, 0.29) is 85.8 Å². The number of nitrogens with zero attached hydrogens (tertiary/aromatic N) is 3. The number of aromatic nitrogens is 1. The van der Waals surface area contributed by atoms with Crippen LogP contribution in [0.15, 0.2) is 35.7 Å². The monoisotopic (exact) mass is 1040 g/mol. The molecule has 21 heteroatoms. The van der Waals surface area contributed by atoms with E-state index in [4.69, 9.17) is 28.7 Å². The molecule has 1 aromatic carbocycles. The van der Waals surface area contributed by atoms with Gasteiger partial charge >= 0.3 is 6.09 Å². The van der Waals surface area contributed by atoms with Crippen molar-refractivity contribution in [2.75, 3.05) is 72.5 Å². The Kier molecular flexibility index (Phi) is 26.9. The lowest BCUT2D eigenvalue weighted by atomic mass is 9.79. The number of hydrazine groups is 1. The number of hydrogen-bond donors (Lipinski definition) is 5. The molecule has 73 heavy (non-hydrogen) atoms. The van der Waals surface area contributed by atoms with Crippen LogP contribution in [0.1, 0.15) is 144 Å². The van der Waals surface area contributed by atoms with Gasteiger partial charge < -0.3 is 44.3 Å². The van der Waals surface area contributed by atoms with Crippen molar-refractivity contribution in [3.63, 3.8) is 0 Å². The highest BCUT2D eigenvalue weighted by Gasteiger charge is 2.35. The first kappa shape index (κ1) is 60.1. The van der Waals surface area contributed by atoms with E-state index in [1.54, 1.807) is 11.4 Å². The van der Waals surface area contributed by atoms with E-state index in [2.05, 4.69) is 56.1 Å². The molecular formula is C52H79N7O13S. The molecule has 0 saturated heterocycles. The molecule has 2 heterocycles. The minimum Gasteiger partial charge on any atom is -0.508 e. The van der Waals surface area contributed by atoms with Gasteiger partial charge in [0, 0.05) is 75.1 Å². The molecule has 1 unspecified atom stereocenters. The number of ether oxygens (including phenoxy) is 5. The van der Waals surface area contributed by atoms with Gasteiger partial charge in [0.15, 0.2) is 0 Å². The maximum absolute atomic E-state index is 13.8. The average molecular weight is 1040 g/mol. The van der Waals surface area contributed by atoms with Crippen molar-refractivity contribution in [3.8, 4) is 5.75 Å². The fraction of sp³-hybridized carbons (Fsp3) is 0.654. The number of carbonyl (C=O) groups excluding carboxylic acids is 7. The smallest absolute Gasteiger partial charge is 0.426 e. The Balaban J connectivity index is 1.14. The molecule has 0 spiro atoms. The largest absolute Gasteiger partial charge is 0.508 e. The summed E-state index contributed by atoms with van der Waals surface area (Å²) in [5, 5.41) is 18.5. The molecule has 1 aliphatic heterocycles. The van der Waals surface area contributed by atoms with Gasteiger partial charge in [-0.2, -0.15) is 0 Å². The third-order valence-corrected chi connectivity index (χ3v) is 13.5. The Hall–Kier alpha value is -5.48. The number of phenols is 1. The molecule has 0 saturated carbocycles. The highest BCUT2D eigenvalue weighted by Crippen LogP contribution is 2.35. The standard InChI is InChI=1S/C52H79N7O13S/c1-7-19-58(48(64)29-36(6)9-3)43(35(4)5)33-44(71-21-8-2)51-55-42(34-73-51)50(66)54-38-30-37-14-15-39(60)32-40(37)41(31-38)49(65)56-57-52(67)72-28-27-70-26-25-69-24-23-68-22-18-53-45(61)13-11-10-12-20-59-46(62)16-17-47(59)63/h14-17,32,34-36,38,41,43-44,60H,7-13,18-31,33H2,1-6H3,(H,53,61)(H,54,66)(H,56,65)(H,57,67)/t36-,38-,41+,43?,44+/m0/s1. The van der Waals surface area contributed by atoms with Crippen LogP contribution in [0.4, 0.5) is 4.79 Å². The molecule has 20 nitrogen and oxygen atoms in total. The van der Waals surface area contributed by atoms with Crippen LogP contribution in [0.5, 0.6) is 5.75 Å². The predicted molar refractivity (Wildman–Crippen MR) is 273 cm³/mol. The number of amides is 7. The lowest BCUT2D eigenvalue weighted by Gasteiger charge is -2.37. The van der Waals surface area contributed by atoms with Crippen molar-refractivity contribution >= 4 is 52.9 Å². The van der Waals surface area contributed by atoms with E-state index in [0.29, 0.717) is 95.2 Å². The molecule has 4 rings (SSSR count). The summed E-state index contributed by atoms with van der Waals surface area (Å²) >= 11 is 1.34. The number of unbranched alkanes of at least 4 members (excludes halogenated alkanes) is 2. The number of carbonyl (C=O) groups is 7. The van der Waals surface area contributed by atoms with Crippen molar-refractivity contribution in [1.29, 1.82) is 0 Å². The SMILES string of the molecule is CCCO[C@H](CC(C(C)C)N(CCC)C(=O)C[C@@H](C)CC)c1nc(C(=O)N[C@H]2Cc3ccc(O)cc3[C@H](C(=O)NNC(=O)OCCOCCOCCOCCNC(=O)CCCCCN3C(=O)C=CC3=O)C2)cs1. The number of benzene rings is 1. The second-order valence-corrected chi connectivity index (χ2v) is 19.6. The van der Waals surface area contributed by atoms with E-state index in [9.17, 15) is 38.7 Å². The lowest BCUT2D eigenvalue weighted by Crippen LogP contribution is -2.48.